The van der Waals surface area contributed by atoms with E-state index in [9.17, 15) is 13.2 Å². The van der Waals surface area contributed by atoms with Crippen LogP contribution < -0.4 is 10.5 Å². The number of alkyl halides is 3. The molecule has 1 aromatic carbocycles. The summed E-state index contributed by atoms with van der Waals surface area (Å²) in [6.07, 6.45) is -4.31. The Morgan fingerprint density at radius 2 is 2.00 bits per heavy atom. The molecule has 90 valence electrons. The van der Waals surface area contributed by atoms with Crippen molar-refractivity contribution >= 4 is 5.69 Å². The lowest BCUT2D eigenvalue weighted by atomic mass is 10.2. The molecule has 0 heterocycles. The second-order valence-electron chi connectivity index (χ2n) is 3.18. The third kappa shape index (κ3) is 3.98. The summed E-state index contributed by atoms with van der Waals surface area (Å²) in [5.74, 6) is 0.486. The van der Waals surface area contributed by atoms with Crippen LogP contribution in [0.4, 0.5) is 18.9 Å². The molecule has 0 fully saturated rings. The van der Waals surface area contributed by atoms with Gasteiger partial charge in [0.2, 0.25) is 0 Å². The van der Waals surface area contributed by atoms with Gasteiger partial charge in [0.15, 0.2) is 0 Å². The van der Waals surface area contributed by atoms with Crippen LogP contribution in [-0.4, -0.2) is 19.9 Å². The fraction of sp³-hybridized carbons (Fsp3) is 0.400. The van der Waals surface area contributed by atoms with E-state index in [1.165, 1.54) is 13.2 Å². The minimum Gasteiger partial charge on any atom is -0.495 e. The van der Waals surface area contributed by atoms with Crippen molar-refractivity contribution in [2.24, 2.45) is 0 Å². The second-order valence-corrected chi connectivity index (χ2v) is 3.18. The summed E-state index contributed by atoms with van der Waals surface area (Å²) in [6, 6.07) is 4.71. The lowest BCUT2D eigenvalue weighted by Crippen LogP contribution is -2.16. The Labute approximate surface area is 91.0 Å². The predicted octanol–water partition coefficient (Wildman–Crippen LogP) is 2.36. The average Bonchev–Trinajstić information content (AvgIpc) is 2.16. The number of nitrogen functional groups attached to an aromatic ring is 1. The zero-order valence-electron chi connectivity index (χ0n) is 8.67. The van der Waals surface area contributed by atoms with Gasteiger partial charge in [-0.25, -0.2) is 0 Å². The largest absolute Gasteiger partial charge is 0.495 e. The first-order chi connectivity index (χ1) is 7.42. The van der Waals surface area contributed by atoms with Gasteiger partial charge in [0.25, 0.3) is 0 Å². The molecule has 0 aromatic heterocycles. The van der Waals surface area contributed by atoms with Crippen molar-refractivity contribution in [1.29, 1.82) is 0 Å². The van der Waals surface area contributed by atoms with Crippen molar-refractivity contribution in [3.8, 4) is 5.75 Å². The van der Waals surface area contributed by atoms with Crippen molar-refractivity contribution in [2.75, 3.05) is 19.5 Å². The topological polar surface area (TPSA) is 44.5 Å². The zero-order chi connectivity index (χ0) is 12.2. The van der Waals surface area contributed by atoms with E-state index in [0.717, 1.165) is 0 Å². The van der Waals surface area contributed by atoms with Gasteiger partial charge < -0.3 is 15.2 Å². The zero-order valence-corrected chi connectivity index (χ0v) is 8.67. The first-order valence-electron chi connectivity index (χ1n) is 4.49. The maximum atomic E-state index is 11.8. The van der Waals surface area contributed by atoms with Gasteiger partial charge >= 0.3 is 6.18 Å². The van der Waals surface area contributed by atoms with E-state index in [4.69, 9.17) is 10.5 Å². The molecule has 16 heavy (non-hydrogen) atoms. The Kier molecular flexibility index (Phi) is 4.00. The highest BCUT2D eigenvalue weighted by molar-refractivity contribution is 5.54. The molecule has 0 saturated heterocycles. The standard InChI is InChI=1S/C10H12F3NO2/c1-15-9-3-2-7(4-8(9)14)5-16-6-10(11,12)13/h2-4H,5-6,14H2,1H3. The lowest BCUT2D eigenvalue weighted by molar-refractivity contribution is -0.176. The molecule has 0 atom stereocenters. The molecule has 0 bridgehead atoms. The Hall–Kier alpha value is -1.43. The minimum atomic E-state index is -4.31. The number of nitrogens with two attached hydrogens (primary N) is 1. The van der Waals surface area contributed by atoms with E-state index in [2.05, 4.69) is 4.74 Å². The van der Waals surface area contributed by atoms with E-state index in [1.807, 2.05) is 0 Å². The van der Waals surface area contributed by atoms with Crippen LogP contribution in [0.2, 0.25) is 0 Å². The number of halogens is 3. The summed E-state index contributed by atoms with van der Waals surface area (Å²) in [7, 11) is 1.46. The molecule has 0 radical (unpaired) electrons. The van der Waals surface area contributed by atoms with Crippen LogP contribution in [-0.2, 0) is 11.3 Å². The quantitative estimate of drug-likeness (QED) is 0.815. The molecule has 6 heteroatoms. The van der Waals surface area contributed by atoms with E-state index >= 15 is 0 Å². The molecule has 0 aliphatic carbocycles. The monoisotopic (exact) mass is 235 g/mol. The minimum absolute atomic E-state index is 0.131. The molecule has 0 amide bonds. The van der Waals surface area contributed by atoms with E-state index < -0.39 is 12.8 Å². The van der Waals surface area contributed by atoms with Gasteiger partial charge in [-0.1, -0.05) is 6.07 Å². The fourth-order valence-electron chi connectivity index (χ4n) is 1.16. The van der Waals surface area contributed by atoms with E-state index in [0.29, 0.717) is 17.0 Å². The highest BCUT2D eigenvalue weighted by Crippen LogP contribution is 2.22. The van der Waals surface area contributed by atoms with Crippen molar-refractivity contribution in [1.82, 2.24) is 0 Å². The molecular formula is C10H12F3NO2. The van der Waals surface area contributed by atoms with Crippen LogP contribution in [0, 0.1) is 0 Å². The molecule has 0 unspecified atom stereocenters. The van der Waals surface area contributed by atoms with Gasteiger partial charge in [0, 0.05) is 0 Å². The summed E-state index contributed by atoms with van der Waals surface area (Å²) in [6.45, 7) is -1.40. The first-order valence-corrected chi connectivity index (χ1v) is 4.49. The summed E-state index contributed by atoms with van der Waals surface area (Å²) >= 11 is 0. The Morgan fingerprint density at radius 1 is 1.31 bits per heavy atom. The van der Waals surface area contributed by atoms with Crippen LogP contribution in [0.25, 0.3) is 0 Å². The van der Waals surface area contributed by atoms with Gasteiger partial charge in [0.05, 0.1) is 19.4 Å². The molecule has 0 aliphatic heterocycles. The van der Waals surface area contributed by atoms with Crippen LogP contribution in [0.1, 0.15) is 5.56 Å². The first kappa shape index (κ1) is 12.6. The molecule has 3 nitrogen and oxygen atoms in total. The number of benzene rings is 1. The van der Waals surface area contributed by atoms with Gasteiger partial charge in [-0.3, -0.25) is 0 Å². The third-order valence-electron chi connectivity index (χ3n) is 1.83. The number of ether oxygens (including phenoxy) is 2. The normalized spacial score (nSPS) is 11.5. The Bertz CT molecular complexity index is 352. The van der Waals surface area contributed by atoms with Gasteiger partial charge in [-0.05, 0) is 17.7 Å². The number of hydrogen-bond donors (Lipinski definition) is 1. The van der Waals surface area contributed by atoms with Gasteiger partial charge in [0.1, 0.15) is 12.4 Å². The predicted molar refractivity (Wildman–Crippen MR) is 53.1 cm³/mol. The van der Waals surface area contributed by atoms with Gasteiger partial charge in [-0.15, -0.1) is 0 Å². The van der Waals surface area contributed by atoms with Crippen LogP contribution in [0.5, 0.6) is 5.75 Å². The number of rotatable bonds is 4. The smallest absolute Gasteiger partial charge is 0.411 e. The summed E-state index contributed by atoms with van der Waals surface area (Å²) in [5.41, 5.74) is 6.53. The molecule has 1 rings (SSSR count). The van der Waals surface area contributed by atoms with E-state index in [1.54, 1.807) is 12.1 Å². The Balaban J connectivity index is 2.52. The molecule has 0 aliphatic rings. The molecule has 1 aromatic rings. The summed E-state index contributed by atoms with van der Waals surface area (Å²) in [4.78, 5) is 0. The maximum Gasteiger partial charge on any atom is 0.411 e. The van der Waals surface area contributed by atoms with Crippen molar-refractivity contribution < 1.29 is 22.6 Å². The number of anilines is 1. The fourth-order valence-corrected chi connectivity index (χ4v) is 1.16. The highest BCUT2D eigenvalue weighted by Gasteiger charge is 2.27. The van der Waals surface area contributed by atoms with E-state index in [-0.39, 0.29) is 6.61 Å². The Morgan fingerprint density at radius 3 is 2.50 bits per heavy atom. The molecule has 2 N–H and O–H groups in total. The van der Waals surface area contributed by atoms with Crippen LogP contribution in [0.15, 0.2) is 18.2 Å². The average molecular weight is 235 g/mol. The highest BCUT2D eigenvalue weighted by atomic mass is 19.4. The van der Waals surface area contributed by atoms with Gasteiger partial charge in [-0.2, -0.15) is 13.2 Å². The number of hydrogen-bond acceptors (Lipinski definition) is 3. The number of methoxy groups -OCH3 is 1. The van der Waals surface area contributed by atoms with Crippen LogP contribution >= 0.6 is 0 Å². The third-order valence-corrected chi connectivity index (χ3v) is 1.83. The van der Waals surface area contributed by atoms with Crippen molar-refractivity contribution in [3.05, 3.63) is 23.8 Å². The molecular weight excluding hydrogens is 223 g/mol. The van der Waals surface area contributed by atoms with Crippen molar-refractivity contribution in [3.63, 3.8) is 0 Å². The second kappa shape index (κ2) is 5.07. The summed E-state index contributed by atoms with van der Waals surface area (Å²) in [5, 5.41) is 0. The summed E-state index contributed by atoms with van der Waals surface area (Å²) < 4.78 is 44.8. The SMILES string of the molecule is COc1ccc(COCC(F)(F)F)cc1N. The maximum absolute atomic E-state index is 11.8. The lowest BCUT2D eigenvalue weighted by Gasteiger charge is -2.09. The molecule has 0 saturated carbocycles. The molecule has 0 spiro atoms. The van der Waals surface area contributed by atoms with Crippen molar-refractivity contribution in [2.45, 2.75) is 12.8 Å². The van der Waals surface area contributed by atoms with Crippen LogP contribution in [0.3, 0.4) is 0 Å².